The largest absolute Gasteiger partial charge is 0.468 e. The second kappa shape index (κ2) is 7.63. The van der Waals surface area contributed by atoms with E-state index in [1.165, 1.54) is 26.4 Å². The lowest BCUT2D eigenvalue weighted by atomic mass is 9.78. The highest BCUT2D eigenvalue weighted by atomic mass is 16.5. The van der Waals surface area contributed by atoms with Crippen molar-refractivity contribution in [3.8, 4) is 0 Å². The summed E-state index contributed by atoms with van der Waals surface area (Å²) in [5.74, 6) is -0.579. The fourth-order valence-electron chi connectivity index (χ4n) is 2.81. The van der Waals surface area contributed by atoms with Gasteiger partial charge in [-0.25, -0.2) is 0 Å². The molecule has 0 unspecified atom stereocenters. The van der Waals surface area contributed by atoms with Crippen molar-refractivity contribution in [2.75, 3.05) is 13.7 Å². The van der Waals surface area contributed by atoms with Gasteiger partial charge in [0.2, 0.25) is 0 Å². The van der Waals surface area contributed by atoms with E-state index in [0.717, 1.165) is 12.8 Å². The molecule has 0 heterocycles. The number of hydrogen-bond donors (Lipinski definition) is 0. The topological polar surface area (TPSA) is 52.6 Å². The van der Waals surface area contributed by atoms with Gasteiger partial charge < -0.3 is 9.47 Å². The number of carbonyl (C=O) groups excluding carboxylic acids is 2. The van der Waals surface area contributed by atoms with Gasteiger partial charge in [0.1, 0.15) is 12.0 Å². The summed E-state index contributed by atoms with van der Waals surface area (Å²) >= 11 is 0. The zero-order valence-corrected chi connectivity index (χ0v) is 12.4. The monoisotopic (exact) mass is 270 g/mol. The molecule has 0 atom stereocenters. The average molecular weight is 270 g/mol. The van der Waals surface area contributed by atoms with Crippen molar-refractivity contribution in [2.45, 2.75) is 64.9 Å². The lowest BCUT2D eigenvalue weighted by Gasteiger charge is -2.28. The van der Waals surface area contributed by atoms with Crippen molar-refractivity contribution in [3.05, 3.63) is 0 Å². The SMILES string of the molecule is CCC(CC)(C(=O)COC1CCCCC1)C(=O)OC. The fourth-order valence-corrected chi connectivity index (χ4v) is 2.81. The minimum atomic E-state index is -1.02. The van der Waals surface area contributed by atoms with Crippen molar-refractivity contribution in [2.24, 2.45) is 5.41 Å². The Morgan fingerprint density at radius 2 is 1.68 bits per heavy atom. The van der Waals surface area contributed by atoms with Gasteiger partial charge in [-0.3, -0.25) is 9.59 Å². The molecule has 0 aromatic heterocycles. The van der Waals surface area contributed by atoms with Gasteiger partial charge in [0.25, 0.3) is 0 Å². The van der Waals surface area contributed by atoms with Crippen LogP contribution in [-0.2, 0) is 19.1 Å². The summed E-state index contributed by atoms with van der Waals surface area (Å²) < 4.78 is 10.5. The van der Waals surface area contributed by atoms with Gasteiger partial charge in [0.05, 0.1) is 13.2 Å². The van der Waals surface area contributed by atoms with Crippen LogP contribution in [-0.4, -0.2) is 31.6 Å². The number of hydrogen-bond acceptors (Lipinski definition) is 4. The molecule has 0 N–H and O–H groups in total. The number of carbonyl (C=O) groups is 2. The summed E-state index contributed by atoms with van der Waals surface area (Å²) in [4.78, 5) is 24.2. The minimum Gasteiger partial charge on any atom is -0.468 e. The Balaban J connectivity index is 2.59. The van der Waals surface area contributed by atoms with Crippen LogP contribution in [0.5, 0.6) is 0 Å². The number of Topliss-reactive ketones (excluding diaryl/α,β-unsaturated/α-hetero) is 1. The molecule has 1 aliphatic rings. The molecule has 19 heavy (non-hydrogen) atoms. The third-order valence-corrected chi connectivity index (χ3v) is 4.32. The fraction of sp³-hybridized carbons (Fsp3) is 0.867. The number of ether oxygens (including phenoxy) is 2. The molecule has 0 amide bonds. The van der Waals surface area contributed by atoms with E-state index in [1.54, 1.807) is 0 Å². The van der Waals surface area contributed by atoms with Crippen LogP contribution in [0.15, 0.2) is 0 Å². The molecule has 0 aromatic carbocycles. The first-order valence-corrected chi connectivity index (χ1v) is 7.34. The first kappa shape index (κ1) is 16.2. The van der Waals surface area contributed by atoms with E-state index < -0.39 is 11.4 Å². The third-order valence-electron chi connectivity index (χ3n) is 4.32. The highest BCUT2D eigenvalue weighted by Crippen LogP contribution is 2.30. The highest BCUT2D eigenvalue weighted by molar-refractivity contribution is 6.04. The smallest absolute Gasteiger partial charge is 0.319 e. The van der Waals surface area contributed by atoms with Crippen LogP contribution in [0.25, 0.3) is 0 Å². The maximum absolute atomic E-state index is 12.3. The maximum atomic E-state index is 12.3. The molecule has 0 bridgehead atoms. The molecule has 0 radical (unpaired) electrons. The number of rotatable bonds is 7. The summed E-state index contributed by atoms with van der Waals surface area (Å²) in [6.45, 7) is 3.72. The first-order chi connectivity index (χ1) is 9.10. The average Bonchev–Trinajstić information content (AvgIpc) is 2.47. The molecular formula is C15H26O4. The Morgan fingerprint density at radius 3 is 2.16 bits per heavy atom. The molecule has 1 rings (SSSR count). The summed E-state index contributed by atoms with van der Waals surface area (Å²) in [5, 5.41) is 0. The van der Waals surface area contributed by atoms with Crippen LogP contribution in [0.2, 0.25) is 0 Å². The molecule has 1 aliphatic carbocycles. The summed E-state index contributed by atoms with van der Waals surface area (Å²) in [6.07, 6.45) is 6.75. The van der Waals surface area contributed by atoms with Crippen molar-refractivity contribution >= 4 is 11.8 Å². The summed E-state index contributed by atoms with van der Waals surface area (Å²) in [5.41, 5.74) is -1.02. The molecule has 4 heteroatoms. The third kappa shape index (κ3) is 3.78. The molecule has 110 valence electrons. The zero-order chi connectivity index (χ0) is 14.3. The second-order valence-corrected chi connectivity index (χ2v) is 5.27. The Kier molecular flexibility index (Phi) is 6.49. The molecule has 4 nitrogen and oxygen atoms in total. The van der Waals surface area contributed by atoms with E-state index in [1.807, 2.05) is 13.8 Å². The molecule has 1 fully saturated rings. The van der Waals surface area contributed by atoms with Crippen molar-refractivity contribution in [1.82, 2.24) is 0 Å². The van der Waals surface area contributed by atoms with Crippen LogP contribution in [0.4, 0.5) is 0 Å². The van der Waals surface area contributed by atoms with E-state index in [4.69, 9.17) is 9.47 Å². The number of methoxy groups -OCH3 is 1. The predicted octanol–water partition coefficient (Wildman–Crippen LogP) is 2.88. The van der Waals surface area contributed by atoms with E-state index in [-0.39, 0.29) is 18.5 Å². The van der Waals surface area contributed by atoms with Gasteiger partial charge in [-0.2, -0.15) is 0 Å². The van der Waals surface area contributed by atoms with Gasteiger partial charge in [0.15, 0.2) is 5.78 Å². The molecule has 0 saturated heterocycles. The van der Waals surface area contributed by atoms with E-state index >= 15 is 0 Å². The Labute approximate surface area is 115 Å². The van der Waals surface area contributed by atoms with Gasteiger partial charge >= 0.3 is 5.97 Å². The van der Waals surface area contributed by atoms with Crippen LogP contribution in [0, 0.1) is 5.41 Å². The lowest BCUT2D eigenvalue weighted by molar-refractivity contribution is -0.161. The molecule has 0 aromatic rings. The van der Waals surface area contributed by atoms with Crippen LogP contribution < -0.4 is 0 Å². The van der Waals surface area contributed by atoms with Crippen molar-refractivity contribution in [3.63, 3.8) is 0 Å². The lowest BCUT2D eigenvalue weighted by Crippen LogP contribution is -2.42. The quantitative estimate of drug-likeness (QED) is 0.527. The van der Waals surface area contributed by atoms with Crippen molar-refractivity contribution < 1.29 is 19.1 Å². The van der Waals surface area contributed by atoms with E-state index in [9.17, 15) is 9.59 Å². The minimum absolute atomic E-state index is 0.0292. The zero-order valence-electron chi connectivity index (χ0n) is 12.4. The van der Waals surface area contributed by atoms with Gasteiger partial charge in [-0.05, 0) is 25.7 Å². The normalized spacial score (nSPS) is 17.2. The Bertz CT molecular complexity index is 301. The van der Waals surface area contributed by atoms with Gasteiger partial charge in [0, 0.05) is 0 Å². The standard InChI is InChI=1S/C15H26O4/c1-4-15(5-2,14(17)18-3)13(16)11-19-12-9-7-6-8-10-12/h12H,4-11H2,1-3H3. The van der Waals surface area contributed by atoms with Crippen LogP contribution in [0.3, 0.4) is 0 Å². The predicted molar refractivity (Wildman–Crippen MR) is 72.9 cm³/mol. The molecular weight excluding hydrogens is 244 g/mol. The van der Waals surface area contributed by atoms with Crippen molar-refractivity contribution in [1.29, 1.82) is 0 Å². The number of esters is 1. The summed E-state index contributed by atoms with van der Waals surface area (Å²) in [6, 6.07) is 0. The maximum Gasteiger partial charge on any atom is 0.319 e. The van der Waals surface area contributed by atoms with Gasteiger partial charge in [-0.1, -0.05) is 33.1 Å². The van der Waals surface area contributed by atoms with E-state index in [0.29, 0.717) is 12.8 Å². The van der Waals surface area contributed by atoms with Gasteiger partial charge in [-0.15, -0.1) is 0 Å². The number of ketones is 1. The Morgan fingerprint density at radius 1 is 1.11 bits per heavy atom. The van der Waals surface area contributed by atoms with E-state index in [2.05, 4.69) is 0 Å². The van der Waals surface area contributed by atoms with Crippen LogP contribution >= 0.6 is 0 Å². The molecule has 0 spiro atoms. The van der Waals surface area contributed by atoms with Crippen LogP contribution in [0.1, 0.15) is 58.8 Å². The summed E-state index contributed by atoms with van der Waals surface area (Å²) in [7, 11) is 1.33. The highest BCUT2D eigenvalue weighted by Gasteiger charge is 2.43. The Hall–Kier alpha value is -0.900. The molecule has 0 aliphatic heterocycles. The molecule has 1 saturated carbocycles. The first-order valence-electron chi connectivity index (χ1n) is 7.34. The second-order valence-electron chi connectivity index (χ2n) is 5.27.